The van der Waals surface area contributed by atoms with Crippen molar-refractivity contribution in [1.82, 2.24) is 9.88 Å². The standard InChI is InChI=1S/C14H20N2O2/c17-11-13-6-2-1-3-8-16(13)14(18)9-12-5-4-7-15-10-12/h4-5,7,10,13,17H,1-3,6,8-9,11H2. The monoisotopic (exact) mass is 248 g/mol. The summed E-state index contributed by atoms with van der Waals surface area (Å²) >= 11 is 0. The van der Waals surface area contributed by atoms with Gasteiger partial charge in [-0.25, -0.2) is 0 Å². The van der Waals surface area contributed by atoms with E-state index in [0.717, 1.165) is 37.8 Å². The molecule has 2 heterocycles. The van der Waals surface area contributed by atoms with Gasteiger partial charge in [-0.1, -0.05) is 18.9 Å². The van der Waals surface area contributed by atoms with Crippen LogP contribution in [0, 0.1) is 0 Å². The van der Waals surface area contributed by atoms with Crippen LogP contribution in [-0.4, -0.2) is 40.1 Å². The summed E-state index contributed by atoms with van der Waals surface area (Å²) in [6.07, 6.45) is 8.00. The predicted molar refractivity (Wildman–Crippen MR) is 69.0 cm³/mol. The molecule has 0 saturated carbocycles. The lowest BCUT2D eigenvalue weighted by Gasteiger charge is -2.28. The van der Waals surface area contributed by atoms with Crippen LogP contribution in [0.2, 0.25) is 0 Å². The van der Waals surface area contributed by atoms with Gasteiger partial charge in [0.2, 0.25) is 5.91 Å². The highest BCUT2D eigenvalue weighted by Gasteiger charge is 2.24. The summed E-state index contributed by atoms with van der Waals surface area (Å²) in [5.74, 6) is 0.101. The number of aliphatic hydroxyl groups is 1. The van der Waals surface area contributed by atoms with E-state index < -0.39 is 0 Å². The van der Waals surface area contributed by atoms with Gasteiger partial charge in [-0.05, 0) is 24.5 Å². The predicted octanol–water partition coefficient (Wildman–Crippen LogP) is 1.39. The van der Waals surface area contributed by atoms with Crippen molar-refractivity contribution in [1.29, 1.82) is 0 Å². The van der Waals surface area contributed by atoms with E-state index >= 15 is 0 Å². The molecule has 1 atom stereocenters. The van der Waals surface area contributed by atoms with Crippen molar-refractivity contribution in [2.24, 2.45) is 0 Å². The number of hydrogen-bond acceptors (Lipinski definition) is 3. The molecule has 1 saturated heterocycles. The van der Waals surface area contributed by atoms with Crippen LogP contribution in [0.3, 0.4) is 0 Å². The zero-order chi connectivity index (χ0) is 12.8. The number of aliphatic hydroxyl groups excluding tert-OH is 1. The lowest BCUT2D eigenvalue weighted by molar-refractivity contribution is -0.133. The number of carbonyl (C=O) groups excluding carboxylic acids is 1. The third kappa shape index (κ3) is 3.29. The van der Waals surface area contributed by atoms with Gasteiger partial charge in [0, 0.05) is 18.9 Å². The minimum Gasteiger partial charge on any atom is -0.394 e. The number of aromatic nitrogens is 1. The maximum Gasteiger partial charge on any atom is 0.227 e. The molecule has 0 aliphatic carbocycles. The Morgan fingerprint density at radius 2 is 2.33 bits per heavy atom. The zero-order valence-corrected chi connectivity index (χ0v) is 10.6. The Bertz CT molecular complexity index is 381. The molecule has 1 N–H and O–H groups in total. The summed E-state index contributed by atoms with van der Waals surface area (Å²) in [6, 6.07) is 3.75. The first-order chi connectivity index (χ1) is 8.81. The van der Waals surface area contributed by atoms with Crippen LogP contribution in [0.1, 0.15) is 31.2 Å². The Hall–Kier alpha value is -1.42. The van der Waals surface area contributed by atoms with E-state index in [2.05, 4.69) is 4.98 Å². The van der Waals surface area contributed by atoms with Crippen molar-refractivity contribution < 1.29 is 9.90 Å². The van der Waals surface area contributed by atoms with Gasteiger partial charge in [-0.15, -0.1) is 0 Å². The largest absolute Gasteiger partial charge is 0.394 e. The van der Waals surface area contributed by atoms with Crippen molar-refractivity contribution in [3.05, 3.63) is 30.1 Å². The van der Waals surface area contributed by atoms with Crippen LogP contribution in [0.5, 0.6) is 0 Å². The van der Waals surface area contributed by atoms with Crippen LogP contribution in [0.25, 0.3) is 0 Å². The minimum absolute atomic E-state index is 0.00308. The van der Waals surface area contributed by atoms with Gasteiger partial charge in [0.15, 0.2) is 0 Å². The fourth-order valence-corrected chi connectivity index (χ4v) is 2.47. The molecule has 0 aromatic carbocycles. The third-order valence-electron chi connectivity index (χ3n) is 3.49. The second-order valence-electron chi connectivity index (χ2n) is 4.81. The fourth-order valence-electron chi connectivity index (χ4n) is 2.47. The average Bonchev–Trinajstić information content (AvgIpc) is 2.64. The molecule has 1 aliphatic heterocycles. The molecule has 0 radical (unpaired) electrons. The molecule has 4 nitrogen and oxygen atoms in total. The van der Waals surface area contributed by atoms with Crippen molar-refractivity contribution in [2.75, 3.05) is 13.2 Å². The molecule has 1 aromatic rings. The maximum atomic E-state index is 12.3. The van der Waals surface area contributed by atoms with Gasteiger partial charge >= 0.3 is 0 Å². The number of rotatable bonds is 3. The lowest BCUT2D eigenvalue weighted by Crippen LogP contribution is -2.42. The average molecular weight is 248 g/mol. The number of hydrogen-bond donors (Lipinski definition) is 1. The topological polar surface area (TPSA) is 53.4 Å². The number of carbonyl (C=O) groups is 1. The Morgan fingerprint density at radius 3 is 3.06 bits per heavy atom. The molecular weight excluding hydrogens is 228 g/mol. The van der Waals surface area contributed by atoms with Crippen LogP contribution >= 0.6 is 0 Å². The van der Waals surface area contributed by atoms with Crippen molar-refractivity contribution in [3.8, 4) is 0 Å². The Labute approximate surface area is 108 Å². The van der Waals surface area contributed by atoms with Gasteiger partial charge in [0.05, 0.1) is 19.1 Å². The lowest BCUT2D eigenvalue weighted by atomic mass is 10.1. The van der Waals surface area contributed by atoms with E-state index in [0.29, 0.717) is 6.42 Å². The summed E-state index contributed by atoms with van der Waals surface area (Å²) in [4.78, 5) is 18.1. The van der Waals surface area contributed by atoms with Crippen molar-refractivity contribution in [2.45, 2.75) is 38.1 Å². The molecule has 18 heavy (non-hydrogen) atoms. The zero-order valence-electron chi connectivity index (χ0n) is 10.6. The highest BCUT2D eigenvalue weighted by Crippen LogP contribution is 2.17. The summed E-state index contributed by atoms with van der Waals surface area (Å²) < 4.78 is 0. The second kappa shape index (κ2) is 6.50. The minimum atomic E-state index is -0.00308. The Kier molecular flexibility index (Phi) is 4.70. The molecule has 0 bridgehead atoms. The highest BCUT2D eigenvalue weighted by atomic mass is 16.3. The molecule has 0 spiro atoms. The molecule has 1 unspecified atom stereocenters. The van der Waals surface area contributed by atoms with E-state index in [1.807, 2.05) is 17.0 Å². The van der Waals surface area contributed by atoms with Gasteiger partial charge in [-0.2, -0.15) is 0 Å². The molecule has 2 rings (SSSR count). The third-order valence-corrected chi connectivity index (χ3v) is 3.49. The molecule has 98 valence electrons. The van der Waals surface area contributed by atoms with E-state index in [9.17, 15) is 9.90 Å². The normalized spacial score (nSPS) is 20.5. The molecule has 1 aromatic heterocycles. The SMILES string of the molecule is O=C(Cc1cccnc1)N1CCCCCC1CO. The van der Waals surface area contributed by atoms with Crippen molar-refractivity contribution >= 4 is 5.91 Å². The quantitative estimate of drug-likeness (QED) is 0.879. The van der Waals surface area contributed by atoms with Gasteiger partial charge < -0.3 is 10.0 Å². The van der Waals surface area contributed by atoms with Crippen LogP contribution < -0.4 is 0 Å². The fraction of sp³-hybridized carbons (Fsp3) is 0.571. The van der Waals surface area contributed by atoms with Crippen molar-refractivity contribution in [3.63, 3.8) is 0 Å². The maximum absolute atomic E-state index is 12.3. The number of nitrogens with zero attached hydrogens (tertiary/aromatic N) is 2. The number of amides is 1. The number of likely N-dealkylation sites (tertiary alicyclic amines) is 1. The van der Waals surface area contributed by atoms with Crippen LogP contribution in [0.4, 0.5) is 0 Å². The van der Waals surface area contributed by atoms with E-state index in [-0.39, 0.29) is 18.6 Å². The molecule has 1 fully saturated rings. The first kappa shape index (κ1) is 13.0. The Balaban J connectivity index is 2.01. The first-order valence-electron chi connectivity index (χ1n) is 6.60. The molecule has 1 amide bonds. The number of pyridine rings is 1. The molecule has 1 aliphatic rings. The second-order valence-corrected chi connectivity index (χ2v) is 4.81. The van der Waals surface area contributed by atoms with Gasteiger partial charge in [0.1, 0.15) is 0 Å². The van der Waals surface area contributed by atoms with E-state index in [4.69, 9.17) is 0 Å². The summed E-state index contributed by atoms with van der Waals surface area (Å²) in [6.45, 7) is 0.836. The molecular formula is C14H20N2O2. The molecule has 4 heteroatoms. The first-order valence-corrected chi connectivity index (χ1v) is 6.60. The van der Waals surface area contributed by atoms with Gasteiger partial charge in [0.25, 0.3) is 0 Å². The highest BCUT2D eigenvalue weighted by molar-refractivity contribution is 5.79. The van der Waals surface area contributed by atoms with Crippen LogP contribution in [-0.2, 0) is 11.2 Å². The summed E-state index contributed by atoms with van der Waals surface area (Å²) in [7, 11) is 0. The Morgan fingerprint density at radius 1 is 1.44 bits per heavy atom. The summed E-state index contributed by atoms with van der Waals surface area (Å²) in [5, 5.41) is 9.40. The summed E-state index contributed by atoms with van der Waals surface area (Å²) in [5.41, 5.74) is 0.934. The van der Waals surface area contributed by atoms with Gasteiger partial charge in [-0.3, -0.25) is 9.78 Å². The van der Waals surface area contributed by atoms with E-state index in [1.54, 1.807) is 12.4 Å². The van der Waals surface area contributed by atoms with Crippen LogP contribution in [0.15, 0.2) is 24.5 Å². The smallest absolute Gasteiger partial charge is 0.227 e. The van der Waals surface area contributed by atoms with E-state index in [1.165, 1.54) is 0 Å².